The van der Waals surface area contributed by atoms with Crippen molar-refractivity contribution in [2.24, 2.45) is 17.8 Å². The summed E-state index contributed by atoms with van der Waals surface area (Å²) in [7, 11) is -4.12. The first-order chi connectivity index (χ1) is 28.2. The van der Waals surface area contributed by atoms with E-state index in [1.54, 1.807) is 6.08 Å². The lowest BCUT2D eigenvalue weighted by molar-refractivity contribution is -0.144. The smallest absolute Gasteiger partial charge is 0.437 e. The molecule has 1 unspecified atom stereocenters. The number of rotatable bonds is 8. The quantitative estimate of drug-likeness (QED) is 0.223. The second-order valence-corrected chi connectivity index (χ2v) is 19.9. The Balaban J connectivity index is 1.28. The van der Waals surface area contributed by atoms with E-state index in [1.165, 1.54) is 30.0 Å². The molecule has 1 saturated heterocycles. The van der Waals surface area contributed by atoms with Crippen LogP contribution in [0.1, 0.15) is 96.7 Å². The van der Waals surface area contributed by atoms with Crippen LogP contribution in [0.5, 0.6) is 11.5 Å². The zero-order chi connectivity index (χ0) is 43.4. The molecule has 6 atom stereocenters. The van der Waals surface area contributed by atoms with E-state index in [1.807, 2.05) is 26.8 Å². The first kappa shape index (κ1) is 43.4. The van der Waals surface area contributed by atoms with E-state index >= 15 is 0 Å². The minimum absolute atomic E-state index is 0.0146. The van der Waals surface area contributed by atoms with Gasteiger partial charge in [-0.15, -0.1) is 0 Å². The molecule has 3 N–H and O–H groups in total. The number of carbonyl (C=O) groups is 4. The summed E-state index contributed by atoms with van der Waals surface area (Å²) in [5, 5.41) is 5.68. The highest BCUT2D eigenvalue weighted by atomic mass is 32.2. The van der Waals surface area contributed by atoms with Crippen molar-refractivity contribution in [2.75, 3.05) is 20.0 Å². The summed E-state index contributed by atoms with van der Waals surface area (Å²) in [5.74, 6) is -3.57. The number of carbonyl (C=O) groups excluding carboxylic acids is 4. The lowest BCUT2D eigenvalue weighted by Crippen LogP contribution is -2.58. The highest BCUT2D eigenvalue weighted by Crippen LogP contribution is 2.50. The molecule has 0 bridgehead atoms. The third kappa shape index (κ3) is 8.59. The Morgan fingerprint density at radius 3 is 2.55 bits per heavy atom. The van der Waals surface area contributed by atoms with Gasteiger partial charge in [0.2, 0.25) is 28.7 Å². The second-order valence-electron chi connectivity index (χ2n) is 17.7. The number of sulfonamides is 1. The Morgan fingerprint density at radius 1 is 1.12 bits per heavy atom. The first-order valence-electron chi connectivity index (χ1n) is 20.4. The first-order valence-corrected chi connectivity index (χ1v) is 21.9. The molecule has 2 saturated carbocycles. The fourth-order valence-electron chi connectivity index (χ4n) is 8.47. The van der Waals surface area contributed by atoms with Crippen LogP contribution >= 0.6 is 0 Å². The number of pyridine rings is 1. The van der Waals surface area contributed by atoms with Gasteiger partial charge in [-0.25, -0.2) is 22.6 Å². The zero-order valence-electron chi connectivity index (χ0n) is 34.0. The average molecular weight is 866 g/mol. The van der Waals surface area contributed by atoms with Gasteiger partial charge in [0.1, 0.15) is 29.0 Å². The monoisotopic (exact) mass is 865 g/mol. The van der Waals surface area contributed by atoms with Crippen molar-refractivity contribution in [1.82, 2.24) is 25.2 Å². The Labute approximate surface area is 345 Å². The summed E-state index contributed by atoms with van der Waals surface area (Å²) >= 11 is 0. The second kappa shape index (κ2) is 16.0. The maximum atomic E-state index is 14.8. The third-order valence-electron chi connectivity index (χ3n) is 12.5. The number of alkyl carbamates (subject to hydrolysis) is 1. The number of aromatic nitrogens is 1. The molecule has 3 fully saturated rings. The molecule has 5 aliphatic rings. The predicted octanol–water partition coefficient (Wildman–Crippen LogP) is 5.61. The summed E-state index contributed by atoms with van der Waals surface area (Å²) in [6, 6.07) is 1.32. The van der Waals surface area contributed by atoms with Gasteiger partial charge in [-0.1, -0.05) is 32.9 Å². The maximum absolute atomic E-state index is 14.8. The lowest BCUT2D eigenvalue weighted by atomic mass is 9.87. The maximum Gasteiger partial charge on any atom is 0.437 e. The van der Waals surface area contributed by atoms with Crippen LogP contribution in [0.3, 0.4) is 0 Å². The van der Waals surface area contributed by atoms with E-state index in [4.69, 9.17) is 14.2 Å². The minimum Gasteiger partial charge on any atom is -0.483 e. The minimum atomic E-state index is -4.99. The SMILES string of the molecule is CC(C)COC(=O)N[C@H]1CCC(C)CC/C=C\[C@@H]2C[C@@]2(C(=O)NS(=O)(=O)C2(C)CC2)NC(=O)[C@@H]2C[C@]3(CCc4c(c(C(F)(F)F)nc5ccc(OCF)cc45)O3)CN2C1=O. The van der Waals surface area contributed by atoms with Crippen molar-refractivity contribution in [3.8, 4) is 11.5 Å². The molecule has 0 radical (unpaired) electrons. The van der Waals surface area contributed by atoms with E-state index < -0.39 is 92.2 Å². The number of aryl methyl sites for hydroxylation is 1. The molecule has 4 amide bonds. The van der Waals surface area contributed by atoms with Crippen molar-refractivity contribution in [1.29, 1.82) is 0 Å². The molecule has 328 valence electrons. The largest absolute Gasteiger partial charge is 0.483 e. The highest BCUT2D eigenvalue weighted by Gasteiger charge is 2.64. The Morgan fingerprint density at radius 2 is 1.87 bits per heavy atom. The molecule has 1 aromatic heterocycles. The normalized spacial score (nSPS) is 29.5. The van der Waals surface area contributed by atoms with Crippen molar-refractivity contribution in [3.05, 3.63) is 41.6 Å². The fraction of sp³-hybridized carbons (Fsp3) is 0.634. The third-order valence-corrected chi connectivity index (χ3v) is 14.7. The van der Waals surface area contributed by atoms with Crippen LogP contribution in [0.15, 0.2) is 30.4 Å². The molecule has 2 aromatic rings. The number of hydrogen-bond donors (Lipinski definition) is 3. The van der Waals surface area contributed by atoms with Gasteiger partial charge in [0.25, 0.3) is 5.91 Å². The van der Waals surface area contributed by atoms with E-state index in [0.29, 0.717) is 32.1 Å². The van der Waals surface area contributed by atoms with Gasteiger partial charge >= 0.3 is 12.3 Å². The number of amides is 4. The zero-order valence-corrected chi connectivity index (χ0v) is 34.8. The van der Waals surface area contributed by atoms with Gasteiger partial charge in [-0.3, -0.25) is 19.1 Å². The molecule has 60 heavy (non-hydrogen) atoms. The number of hydrogen-bond acceptors (Lipinski definition) is 10. The van der Waals surface area contributed by atoms with Crippen LogP contribution in [0.25, 0.3) is 10.9 Å². The van der Waals surface area contributed by atoms with Crippen molar-refractivity contribution in [2.45, 2.75) is 126 Å². The Kier molecular flexibility index (Phi) is 11.6. The molecule has 4 heterocycles. The number of fused-ring (bicyclic) bond motifs is 5. The van der Waals surface area contributed by atoms with E-state index in [0.717, 1.165) is 0 Å². The summed E-state index contributed by atoms with van der Waals surface area (Å²) < 4.78 is 102. The van der Waals surface area contributed by atoms with Gasteiger partial charge in [-0.05, 0) is 94.7 Å². The molecule has 1 spiro atoms. The Bertz CT molecular complexity index is 2200. The van der Waals surface area contributed by atoms with Crippen LogP contribution in [0.4, 0.5) is 22.4 Å². The predicted molar refractivity (Wildman–Crippen MR) is 209 cm³/mol. The standard InChI is InChI=1S/C41H51F4N5O9S/c1-23(2)20-57-37(54)47-30-11-9-24(3)7-5-6-8-25-18-40(25,36(53)49-60(55,56)38(4)15-16-38)48-34(51)31-19-39(21-50(31)35(30)52)14-13-27-28-17-26(58-22-42)10-12-29(28)46-33(32(27)59-39)41(43,44)45/h6,8,10,12,17,23-25,30-31H,5,7,9,11,13-16,18-22H2,1-4H3,(H,47,54)(H,48,51)(H,49,53)/b8-6-/t24?,25-,30+,31+,39-,40-/m1/s1. The highest BCUT2D eigenvalue weighted by molar-refractivity contribution is 7.91. The van der Waals surface area contributed by atoms with Crippen LogP contribution in [-0.4, -0.2) is 90.1 Å². The molecule has 3 aliphatic heterocycles. The van der Waals surface area contributed by atoms with Gasteiger partial charge < -0.3 is 29.7 Å². The number of nitrogens with one attached hydrogen (secondary N) is 3. The summed E-state index contributed by atoms with van der Waals surface area (Å²) in [5.41, 5.74) is -4.50. The summed E-state index contributed by atoms with van der Waals surface area (Å²) in [6.07, 6.45) is 0.128. The fourth-order valence-corrected chi connectivity index (χ4v) is 9.78. The van der Waals surface area contributed by atoms with Gasteiger partial charge in [-0.2, -0.15) is 13.2 Å². The number of ether oxygens (including phenoxy) is 3. The lowest BCUT2D eigenvalue weighted by Gasteiger charge is -2.37. The van der Waals surface area contributed by atoms with E-state index in [-0.39, 0.29) is 79.3 Å². The number of benzene rings is 1. The van der Waals surface area contributed by atoms with Gasteiger partial charge in [0.15, 0.2) is 11.4 Å². The summed E-state index contributed by atoms with van der Waals surface area (Å²) in [4.78, 5) is 61.5. The molecule has 1 aromatic carbocycles. The van der Waals surface area contributed by atoms with Gasteiger partial charge in [0.05, 0.1) is 23.4 Å². The van der Waals surface area contributed by atoms with Crippen molar-refractivity contribution < 1.29 is 59.4 Å². The van der Waals surface area contributed by atoms with Crippen LogP contribution in [-0.2, 0) is 41.7 Å². The number of halogens is 4. The van der Waals surface area contributed by atoms with Gasteiger partial charge in [0, 0.05) is 23.3 Å². The van der Waals surface area contributed by atoms with E-state index in [9.17, 15) is 45.2 Å². The molecule has 19 heteroatoms. The van der Waals surface area contributed by atoms with Crippen LogP contribution < -0.4 is 24.8 Å². The molecular weight excluding hydrogens is 815 g/mol. The number of alkyl halides is 4. The number of nitrogens with zero attached hydrogens (tertiary/aromatic N) is 2. The number of allylic oxidation sites excluding steroid dienone is 1. The van der Waals surface area contributed by atoms with Crippen LogP contribution in [0.2, 0.25) is 0 Å². The summed E-state index contributed by atoms with van der Waals surface area (Å²) in [6.45, 7) is 5.69. The van der Waals surface area contributed by atoms with Crippen molar-refractivity contribution in [3.63, 3.8) is 0 Å². The topological polar surface area (TPSA) is 182 Å². The van der Waals surface area contributed by atoms with E-state index in [2.05, 4.69) is 20.3 Å². The molecular formula is C41H51F4N5O9S. The average Bonchev–Trinajstić information content (AvgIpc) is 4.07. The molecule has 14 nitrogen and oxygen atoms in total. The molecule has 7 rings (SSSR count). The van der Waals surface area contributed by atoms with Crippen LogP contribution in [0, 0.1) is 17.8 Å². The molecule has 2 aliphatic carbocycles. The Hall–Kier alpha value is -4.68. The van der Waals surface area contributed by atoms with Crippen molar-refractivity contribution >= 4 is 44.7 Å².